The topological polar surface area (TPSA) is 95.1 Å². The van der Waals surface area contributed by atoms with E-state index in [0.29, 0.717) is 13.0 Å². The maximum Gasteiger partial charge on any atom is 0.309 e. The number of rotatable bonds is 6. The number of aliphatic carboxylic acids is 1. The highest BCUT2D eigenvalue weighted by Crippen LogP contribution is 2.19. The van der Waals surface area contributed by atoms with E-state index in [1.165, 1.54) is 0 Å². The number of nitrogens with zero attached hydrogens (tertiary/aromatic N) is 1. The van der Waals surface area contributed by atoms with Gasteiger partial charge in [0.2, 0.25) is 5.91 Å². The lowest BCUT2D eigenvalue weighted by molar-refractivity contribution is -0.147. The summed E-state index contributed by atoms with van der Waals surface area (Å²) in [5, 5.41) is 19.7. The summed E-state index contributed by atoms with van der Waals surface area (Å²) < 4.78 is 0. The number of hydrogen-bond donors (Lipinski definition) is 3. The van der Waals surface area contributed by atoms with Crippen LogP contribution in [-0.4, -0.2) is 33.7 Å². The quantitative estimate of drug-likeness (QED) is 0.754. The zero-order chi connectivity index (χ0) is 15.5. The van der Waals surface area contributed by atoms with Crippen LogP contribution in [0.25, 0.3) is 10.9 Å². The maximum absolute atomic E-state index is 11.9. The fourth-order valence-corrected chi connectivity index (χ4v) is 1.99. The van der Waals surface area contributed by atoms with Crippen molar-refractivity contribution in [3.8, 4) is 0 Å². The molecule has 0 saturated carbocycles. The van der Waals surface area contributed by atoms with Gasteiger partial charge in [-0.3, -0.25) is 14.7 Å². The average molecular weight is 289 g/mol. The summed E-state index contributed by atoms with van der Waals surface area (Å²) in [5.41, 5.74) is 0.751. The predicted molar refractivity (Wildman–Crippen MR) is 78.8 cm³/mol. The average Bonchev–Trinajstić information content (AvgIpc) is 2.82. The normalized spacial score (nSPS) is 11.5. The van der Waals surface area contributed by atoms with Crippen LogP contribution in [0.4, 0.5) is 0 Å². The first-order valence-corrected chi connectivity index (χ1v) is 6.82. The maximum atomic E-state index is 11.9. The molecular formula is C15H19N3O3. The van der Waals surface area contributed by atoms with Crippen molar-refractivity contribution in [2.75, 3.05) is 6.54 Å². The molecule has 6 heteroatoms. The summed E-state index contributed by atoms with van der Waals surface area (Å²) in [6.45, 7) is 3.62. The minimum absolute atomic E-state index is 0.148. The number of carbonyl (C=O) groups excluding carboxylic acids is 1. The zero-order valence-corrected chi connectivity index (χ0v) is 12.1. The van der Waals surface area contributed by atoms with E-state index in [-0.39, 0.29) is 12.3 Å². The molecule has 2 aromatic rings. The molecule has 2 rings (SSSR count). The highest BCUT2D eigenvalue weighted by molar-refractivity contribution is 5.87. The van der Waals surface area contributed by atoms with E-state index in [2.05, 4.69) is 15.5 Å². The van der Waals surface area contributed by atoms with Gasteiger partial charge in [-0.1, -0.05) is 18.2 Å². The van der Waals surface area contributed by atoms with Gasteiger partial charge in [0.15, 0.2) is 0 Å². The second-order valence-corrected chi connectivity index (χ2v) is 5.69. The summed E-state index contributed by atoms with van der Waals surface area (Å²) in [6, 6.07) is 7.58. The molecular weight excluding hydrogens is 270 g/mol. The van der Waals surface area contributed by atoms with Crippen molar-refractivity contribution in [1.82, 2.24) is 15.5 Å². The molecule has 0 spiro atoms. The van der Waals surface area contributed by atoms with Crippen molar-refractivity contribution in [1.29, 1.82) is 0 Å². The van der Waals surface area contributed by atoms with Crippen LogP contribution in [0, 0.1) is 5.41 Å². The molecule has 6 nitrogen and oxygen atoms in total. The SMILES string of the molecule is CC(C)(CCNC(=O)Cc1[nH]nc2ccccc12)C(=O)O. The first-order valence-electron chi connectivity index (χ1n) is 6.82. The number of amides is 1. The van der Waals surface area contributed by atoms with Gasteiger partial charge < -0.3 is 10.4 Å². The summed E-state index contributed by atoms with van der Waals surface area (Å²) in [7, 11) is 0. The molecule has 0 radical (unpaired) electrons. The van der Waals surface area contributed by atoms with Gasteiger partial charge in [0, 0.05) is 11.9 Å². The Morgan fingerprint density at radius 2 is 2.05 bits per heavy atom. The van der Waals surface area contributed by atoms with Crippen molar-refractivity contribution in [2.45, 2.75) is 26.7 Å². The van der Waals surface area contributed by atoms with E-state index in [4.69, 9.17) is 5.11 Å². The molecule has 0 aliphatic heterocycles. The lowest BCUT2D eigenvalue weighted by Crippen LogP contribution is -2.32. The van der Waals surface area contributed by atoms with Crippen molar-refractivity contribution < 1.29 is 14.7 Å². The van der Waals surface area contributed by atoms with Crippen molar-refractivity contribution >= 4 is 22.8 Å². The van der Waals surface area contributed by atoms with Crippen LogP contribution in [0.1, 0.15) is 26.0 Å². The standard InChI is InChI=1S/C15H19N3O3/c1-15(2,14(20)21)7-8-16-13(19)9-12-10-5-3-4-6-11(10)17-18-12/h3-6H,7-9H2,1-2H3,(H,16,19)(H,17,18)(H,20,21). The van der Waals surface area contributed by atoms with Crippen LogP contribution in [0.15, 0.2) is 24.3 Å². The number of carboxylic acids is 1. The highest BCUT2D eigenvalue weighted by Gasteiger charge is 2.26. The smallest absolute Gasteiger partial charge is 0.309 e. The molecule has 21 heavy (non-hydrogen) atoms. The van der Waals surface area contributed by atoms with E-state index in [9.17, 15) is 9.59 Å². The molecule has 0 aliphatic rings. The Hall–Kier alpha value is -2.37. The van der Waals surface area contributed by atoms with Gasteiger partial charge >= 0.3 is 5.97 Å². The Morgan fingerprint density at radius 1 is 1.33 bits per heavy atom. The lowest BCUT2D eigenvalue weighted by atomic mass is 9.90. The number of benzene rings is 1. The first-order chi connectivity index (χ1) is 9.90. The third-order valence-corrected chi connectivity index (χ3v) is 3.53. The third-order valence-electron chi connectivity index (χ3n) is 3.53. The number of aromatic amines is 1. The lowest BCUT2D eigenvalue weighted by Gasteiger charge is -2.18. The summed E-state index contributed by atoms with van der Waals surface area (Å²) in [5.74, 6) is -1.01. The molecule has 0 unspecified atom stereocenters. The molecule has 1 aromatic carbocycles. The third kappa shape index (κ3) is 3.59. The zero-order valence-electron chi connectivity index (χ0n) is 12.1. The van der Waals surface area contributed by atoms with Crippen molar-refractivity contribution in [2.24, 2.45) is 5.41 Å². The Morgan fingerprint density at radius 3 is 2.76 bits per heavy atom. The number of H-pyrrole nitrogens is 1. The van der Waals surface area contributed by atoms with Gasteiger partial charge in [-0.25, -0.2) is 0 Å². The van der Waals surface area contributed by atoms with Crippen molar-refractivity contribution in [3.05, 3.63) is 30.0 Å². The van der Waals surface area contributed by atoms with E-state index >= 15 is 0 Å². The number of para-hydroxylation sites is 1. The number of carbonyl (C=O) groups is 2. The second kappa shape index (κ2) is 5.95. The summed E-state index contributed by atoms with van der Waals surface area (Å²) in [6.07, 6.45) is 0.589. The van der Waals surface area contributed by atoms with Gasteiger partial charge in [-0.15, -0.1) is 0 Å². The molecule has 0 fully saturated rings. The minimum Gasteiger partial charge on any atom is -0.481 e. The van der Waals surface area contributed by atoms with Gasteiger partial charge in [0.05, 0.1) is 23.0 Å². The van der Waals surface area contributed by atoms with E-state index in [1.807, 2.05) is 24.3 Å². The molecule has 1 heterocycles. The van der Waals surface area contributed by atoms with Gasteiger partial charge in [0.25, 0.3) is 0 Å². The highest BCUT2D eigenvalue weighted by atomic mass is 16.4. The largest absolute Gasteiger partial charge is 0.481 e. The van der Waals surface area contributed by atoms with Crippen LogP contribution in [0.5, 0.6) is 0 Å². The fraction of sp³-hybridized carbons (Fsp3) is 0.400. The van der Waals surface area contributed by atoms with E-state index in [0.717, 1.165) is 16.6 Å². The Kier molecular flexibility index (Phi) is 4.26. The van der Waals surface area contributed by atoms with Crippen LogP contribution in [0.3, 0.4) is 0 Å². The molecule has 3 N–H and O–H groups in total. The molecule has 0 atom stereocenters. The monoisotopic (exact) mass is 289 g/mol. The molecule has 0 bridgehead atoms. The van der Waals surface area contributed by atoms with Crippen LogP contribution in [-0.2, 0) is 16.0 Å². The summed E-state index contributed by atoms with van der Waals surface area (Å²) in [4.78, 5) is 22.9. The second-order valence-electron chi connectivity index (χ2n) is 5.69. The van der Waals surface area contributed by atoms with Crippen LogP contribution in [0.2, 0.25) is 0 Å². The Labute approximate surface area is 122 Å². The van der Waals surface area contributed by atoms with Gasteiger partial charge in [-0.2, -0.15) is 5.10 Å². The van der Waals surface area contributed by atoms with Crippen LogP contribution >= 0.6 is 0 Å². The molecule has 1 aromatic heterocycles. The van der Waals surface area contributed by atoms with E-state index < -0.39 is 11.4 Å². The molecule has 0 saturated heterocycles. The number of aromatic nitrogens is 2. The minimum atomic E-state index is -0.865. The van der Waals surface area contributed by atoms with Gasteiger partial charge in [-0.05, 0) is 26.3 Å². The number of carboxylic acid groups (broad SMARTS) is 1. The number of nitrogens with one attached hydrogen (secondary N) is 2. The molecule has 112 valence electrons. The van der Waals surface area contributed by atoms with Gasteiger partial charge in [0.1, 0.15) is 0 Å². The van der Waals surface area contributed by atoms with Crippen molar-refractivity contribution in [3.63, 3.8) is 0 Å². The Balaban J connectivity index is 1.89. The molecule has 0 aliphatic carbocycles. The first kappa shape index (κ1) is 15.0. The number of hydrogen-bond acceptors (Lipinski definition) is 3. The number of fused-ring (bicyclic) bond motifs is 1. The summed E-state index contributed by atoms with van der Waals surface area (Å²) >= 11 is 0. The Bertz CT molecular complexity index is 661. The molecule has 1 amide bonds. The van der Waals surface area contributed by atoms with Crippen LogP contribution < -0.4 is 5.32 Å². The predicted octanol–water partition coefficient (Wildman–Crippen LogP) is 1.72. The van der Waals surface area contributed by atoms with E-state index in [1.54, 1.807) is 13.8 Å². The fourth-order valence-electron chi connectivity index (χ4n) is 1.99.